The lowest BCUT2D eigenvalue weighted by molar-refractivity contribution is -0.115. The predicted octanol–water partition coefficient (Wildman–Crippen LogP) is 1.06. The van der Waals surface area contributed by atoms with Gasteiger partial charge in [0.2, 0.25) is 0 Å². The molecule has 0 amide bonds. The molecule has 0 spiro atoms. The Bertz CT molecular complexity index is 120. The van der Waals surface area contributed by atoms with Crippen molar-refractivity contribution in [3.05, 3.63) is 0 Å². The molecule has 52 valence electrons. The Morgan fingerprint density at radius 1 is 1.89 bits per heavy atom. The van der Waals surface area contributed by atoms with Gasteiger partial charge in [-0.25, -0.2) is 0 Å². The molecule has 0 heterocycles. The first-order valence-corrected chi connectivity index (χ1v) is 2.93. The zero-order valence-corrected chi connectivity index (χ0v) is 5.66. The van der Waals surface area contributed by atoms with Gasteiger partial charge in [0, 0.05) is 5.92 Å². The highest BCUT2D eigenvalue weighted by atomic mass is 16.4. The number of rotatable bonds is 3. The summed E-state index contributed by atoms with van der Waals surface area (Å²) in [4.78, 5) is 10.7. The molecule has 0 fully saturated rings. The topological polar surface area (TPSA) is 49.7 Å². The molecule has 0 radical (unpaired) electrons. The molecule has 0 aromatic rings. The van der Waals surface area contributed by atoms with E-state index in [0.29, 0.717) is 0 Å². The van der Waals surface area contributed by atoms with Gasteiger partial charge in [-0.1, -0.05) is 19.0 Å². The predicted molar refractivity (Wildman–Crippen MR) is 34.7 cm³/mol. The van der Waals surface area contributed by atoms with Crippen LogP contribution in [0.15, 0.2) is 5.16 Å². The van der Waals surface area contributed by atoms with Crippen LogP contribution in [0.25, 0.3) is 0 Å². The summed E-state index contributed by atoms with van der Waals surface area (Å²) in [7, 11) is 0. The summed E-state index contributed by atoms with van der Waals surface area (Å²) in [5, 5.41) is 10.6. The maximum Gasteiger partial charge on any atom is 0.179 e. The summed E-state index contributed by atoms with van der Waals surface area (Å²) in [5.74, 6) is -0.152. The van der Waals surface area contributed by atoms with Crippen LogP contribution in [0.1, 0.15) is 20.3 Å². The van der Waals surface area contributed by atoms with Crippen molar-refractivity contribution in [2.24, 2.45) is 11.1 Å². The third-order valence-electron chi connectivity index (χ3n) is 1.28. The minimum absolute atomic E-state index is 0.0269. The van der Waals surface area contributed by atoms with Gasteiger partial charge in [-0.3, -0.25) is 4.79 Å². The van der Waals surface area contributed by atoms with Gasteiger partial charge in [0.15, 0.2) is 5.78 Å². The quantitative estimate of drug-likeness (QED) is 0.352. The zero-order chi connectivity index (χ0) is 7.28. The van der Waals surface area contributed by atoms with E-state index in [2.05, 4.69) is 5.16 Å². The van der Waals surface area contributed by atoms with E-state index in [1.165, 1.54) is 0 Å². The van der Waals surface area contributed by atoms with Gasteiger partial charge >= 0.3 is 0 Å². The molecule has 1 atom stereocenters. The highest BCUT2D eigenvalue weighted by Crippen LogP contribution is 1.99. The van der Waals surface area contributed by atoms with E-state index in [1.54, 1.807) is 6.92 Å². The average Bonchev–Trinajstić information content (AvgIpc) is 1.87. The van der Waals surface area contributed by atoms with Gasteiger partial charge in [-0.15, -0.1) is 0 Å². The van der Waals surface area contributed by atoms with Crippen LogP contribution < -0.4 is 0 Å². The van der Waals surface area contributed by atoms with Crippen molar-refractivity contribution < 1.29 is 10.0 Å². The Hall–Kier alpha value is -0.860. The molecule has 1 N–H and O–H groups in total. The number of ketones is 1. The van der Waals surface area contributed by atoms with Gasteiger partial charge < -0.3 is 5.21 Å². The second-order valence-corrected chi connectivity index (χ2v) is 1.96. The SMILES string of the molecule is CCC(C)C(=O)C=NO. The Morgan fingerprint density at radius 2 is 2.44 bits per heavy atom. The van der Waals surface area contributed by atoms with Crippen molar-refractivity contribution in [2.75, 3.05) is 0 Å². The summed E-state index contributed by atoms with van der Waals surface area (Å²) < 4.78 is 0. The molecule has 0 aromatic carbocycles. The number of hydrogen-bond donors (Lipinski definition) is 1. The lowest BCUT2D eigenvalue weighted by Crippen LogP contribution is -2.10. The lowest BCUT2D eigenvalue weighted by Gasteiger charge is -1.98. The van der Waals surface area contributed by atoms with Crippen molar-refractivity contribution in [3.8, 4) is 0 Å². The van der Waals surface area contributed by atoms with E-state index >= 15 is 0 Å². The summed E-state index contributed by atoms with van der Waals surface area (Å²) in [5.41, 5.74) is 0. The molecule has 0 rings (SSSR count). The van der Waals surface area contributed by atoms with Crippen LogP contribution >= 0.6 is 0 Å². The molecule has 0 aromatic heterocycles. The largest absolute Gasteiger partial charge is 0.411 e. The van der Waals surface area contributed by atoms with Crippen LogP contribution in [-0.4, -0.2) is 17.2 Å². The van der Waals surface area contributed by atoms with E-state index in [9.17, 15) is 4.79 Å². The molecular formula is C6H11NO2. The van der Waals surface area contributed by atoms with Gasteiger partial charge in [0.1, 0.15) is 6.21 Å². The number of Topliss-reactive ketones (excluding diaryl/α,β-unsaturated/α-hetero) is 1. The molecule has 0 aliphatic heterocycles. The maximum absolute atomic E-state index is 10.7. The first kappa shape index (κ1) is 8.14. The Balaban J connectivity index is 3.73. The molecule has 0 saturated carbocycles. The molecular weight excluding hydrogens is 118 g/mol. The number of carbonyl (C=O) groups excluding carboxylic acids is 1. The Kier molecular flexibility index (Phi) is 3.67. The first-order chi connectivity index (χ1) is 4.22. The number of hydrogen-bond acceptors (Lipinski definition) is 3. The normalized spacial score (nSPS) is 14.0. The van der Waals surface area contributed by atoms with Crippen molar-refractivity contribution in [1.29, 1.82) is 0 Å². The molecule has 0 aliphatic rings. The van der Waals surface area contributed by atoms with Crippen molar-refractivity contribution in [1.82, 2.24) is 0 Å². The lowest BCUT2D eigenvalue weighted by atomic mass is 10.1. The molecule has 0 aliphatic carbocycles. The smallest absolute Gasteiger partial charge is 0.179 e. The molecule has 9 heavy (non-hydrogen) atoms. The fourth-order valence-electron chi connectivity index (χ4n) is 0.385. The second-order valence-electron chi connectivity index (χ2n) is 1.96. The highest BCUT2D eigenvalue weighted by Gasteiger charge is 2.06. The molecule has 3 nitrogen and oxygen atoms in total. The minimum Gasteiger partial charge on any atom is -0.411 e. The number of oxime groups is 1. The monoisotopic (exact) mass is 129 g/mol. The fourth-order valence-corrected chi connectivity index (χ4v) is 0.385. The van der Waals surface area contributed by atoms with Crippen molar-refractivity contribution >= 4 is 12.0 Å². The van der Waals surface area contributed by atoms with Crippen molar-refractivity contribution in [2.45, 2.75) is 20.3 Å². The van der Waals surface area contributed by atoms with Crippen LogP contribution in [0, 0.1) is 5.92 Å². The summed E-state index contributed by atoms with van der Waals surface area (Å²) >= 11 is 0. The van der Waals surface area contributed by atoms with E-state index in [1.807, 2.05) is 6.92 Å². The van der Waals surface area contributed by atoms with Gasteiger partial charge in [0.05, 0.1) is 0 Å². The van der Waals surface area contributed by atoms with Crippen LogP contribution in [0.4, 0.5) is 0 Å². The van der Waals surface area contributed by atoms with E-state index in [4.69, 9.17) is 5.21 Å². The Labute approximate surface area is 54.4 Å². The molecule has 0 saturated heterocycles. The van der Waals surface area contributed by atoms with Crippen LogP contribution in [0.3, 0.4) is 0 Å². The van der Waals surface area contributed by atoms with Crippen LogP contribution in [0.2, 0.25) is 0 Å². The van der Waals surface area contributed by atoms with E-state index in [0.717, 1.165) is 12.6 Å². The maximum atomic E-state index is 10.7. The summed E-state index contributed by atoms with van der Waals surface area (Å²) in [6.07, 6.45) is 1.72. The van der Waals surface area contributed by atoms with Gasteiger partial charge in [-0.2, -0.15) is 0 Å². The third-order valence-corrected chi connectivity index (χ3v) is 1.28. The van der Waals surface area contributed by atoms with Gasteiger partial charge in [-0.05, 0) is 6.42 Å². The summed E-state index contributed by atoms with van der Waals surface area (Å²) in [6.45, 7) is 3.71. The van der Waals surface area contributed by atoms with Crippen LogP contribution in [0.5, 0.6) is 0 Å². The van der Waals surface area contributed by atoms with Gasteiger partial charge in [0.25, 0.3) is 0 Å². The van der Waals surface area contributed by atoms with E-state index < -0.39 is 0 Å². The summed E-state index contributed by atoms with van der Waals surface area (Å²) in [6, 6.07) is 0. The molecule has 0 bridgehead atoms. The molecule has 3 heteroatoms. The fraction of sp³-hybridized carbons (Fsp3) is 0.667. The first-order valence-electron chi connectivity index (χ1n) is 2.93. The second kappa shape index (κ2) is 4.06. The van der Waals surface area contributed by atoms with Crippen molar-refractivity contribution in [3.63, 3.8) is 0 Å². The minimum atomic E-state index is -0.125. The number of nitrogens with zero attached hydrogens (tertiary/aromatic N) is 1. The van der Waals surface area contributed by atoms with Crippen LogP contribution in [-0.2, 0) is 4.79 Å². The highest BCUT2D eigenvalue weighted by molar-refractivity contribution is 6.28. The average molecular weight is 129 g/mol. The number of carbonyl (C=O) groups is 1. The zero-order valence-electron chi connectivity index (χ0n) is 5.66. The Morgan fingerprint density at radius 3 is 2.78 bits per heavy atom. The molecule has 1 unspecified atom stereocenters. The third kappa shape index (κ3) is 2.85. The standard InChI is InChI=1S/C6H11NO2/c1-3-5(2)6(8)4-7-9/h4-5,9H,3H2,1-2H3. The van der Waals surface area contributed by atoms with E-state index in [-0.39, 0.29) is 11.7 Å².